The second kappa shape index (κ2) is 6.79. The Labute approximate surface area is 112 Å². The van der Waals surface area contributed by atoms with Gasteiger partial charge in [0.05, 0.1) is 27.2 Å². The highest BCUT2D eigenvalue weighted by Gasteiger charge is 2.38. The van der Waals surface area contributed by atoms with Crippen molar-refractivity contribution in [2.75, 3.05) is 33.7 Å². The minimum absolute atomic E-state index is 0.0735. The second-order valence-electron chi connectivity index (χ2n) is 4.52. The van der Waals surface area contributed by atoms with Gasteiger partial charge in [-0.2, -0.15) is 0 Å². The molecule has 0 aliphatic carbocycles. The average molecular weight is 267 g/mol. The van der Waals surface area contributed by atoms with Gasteiger partial charge in [-0.15, -0.1) is 6.58 Å². The molecule has 7 nitrogen and oxygen atoms in total. The highest BCUT2D eigenvalue weighted by atomic mass is 16.2. The van der Waals surface area contributed by atoms with Crippen LogP contribution in [0.4, 0.5) is 4.79 Å². The Morgan fingerprint density at radius 2 is 2.11 bits per heavy atom. The summed E-state index contributed by atoms with van der Waals surface area (Å²) in [7, 11) is 3.97. The predicted octanol–water partition coefficient (Wildman–Crippen LogP) is -1.92. The van der Waals surface area contributed by atoms with Gasteiger partial charge in [0.2, 0.25) is 11.8 Å². The van der Waals surface area contributed by atoms with Gasteiger partial charge in [-0.25, -0.2) is 4.79 Å². The van der Waals surface area contributed by atoms with Gasteiger partial charge in [-0.1, -0.05) is 6.08 Å². The molecule has 4 amide bonds. The molecule has 1 aliphatic rings. The molecule has 7 heteroatoms. The zero-order valence-corrected chi connectivity index (χ0v) is 11.2. The number of nitrogens with zero attached hydrogens (tertiary/aromatic N) is 2. The molecule has 1 heterocycles. The molecule has 1 rings (SSSR count). The van der Waals surface area contributed by atoms with E-state index in [2.05, 4.69) is 16.9 Å². The largest absolute Gasteiger partial charge is 0.338 e. The third-order valence-corrected chi connectivity index (χ3v) is 2.60. The number of rotatable bonds is 6. The standard InChI is InChI=1S/C12H18N4O3/c1-4-6-16-11(18)9(10(17)14-12(16)19)8-13-5-7-15(2)3/h4,8-9H,1,5-7H2,2-3H3,(H,14,17,19)/p+1. The highest BCUT2D eigenvalue weighted by molar-refractivity contribution is 6.23. The van der Waals surface area contributed by atoms with Crippen molar-refractivity contribution in [3.05, 3.63) is 12.7 Å². The first-order chi connectivity index (χ1) is 8.97. The first-order valence-corrected chi connectivity index (χ1v) is 6.03. The molecule has 0 aromatic carbocycles. The maximum absolute atomic E-state index is 12.0. The zero-order chi connectivity index (χ0) is 14.4. The SMILES string of the molecule is C=CCN1C(=O)NC(=O)C(C=NCC[NH+](C)C)C1=O. The van der Waals surface area contributed by atoms with E-state index < -0.39 is 23.8 Å². The first-order valence-electron chi connectivity index (χ1n) is 6.03. The molecule has 2 N–H and O–H groups in total. The number of quaternary nitrogens is 1. The quantitative estimate of drug-likeness (QED) is 0.334. The lowest BCUT2D eigenvalue weighted by Gasteiger charge is -2.27. The summed E-state index contributed by atoms with van der Waals surface area (Å²) in [6.07, 6.45) is 2.74. The number of hydrogen-bond donors (Lipinski definition) is 2. The maximum atomic E-state index is 12.0. The van der Waals surface area contributed by atoms with E-state index in [1.165, 1.54) is 17.2 Å². The molecule has 1 aliphatic heterocycles. The lowest BCUT2D eigenvalue weighted by molar-refractivity contribution is -0.856. The Balaban J connectivity index is 2.70. The maximum Gasteiger partial charge on any atom is 0.331 e. The summed E-state index contributed by atoms with van der Waals surface area (Å²) in [5.74, 6) is -2.22. The Bertz CT molecular complexity index is 417. The summed E-state index contributed by atoms with van der Waals surface area (Å²) in [5.41, 5.74) is 0. The summed E-state index contributed by atoms with van der Waals surface area (Å²) >= 11 is 0. The van der Waals surface area contributed by atoms with E-state index in [9.17, 15) is 14.4 Å². The molecule has 0 spiro atoms. The average Bonchev–Trinajstić information content (AvgIpc) is 2.33. The van der Waals surface area contributed by atoms with Gasteiger partial charge < -0.3 is 4.90 Å². The fourth-order valence-corrected chi connectivity index (χ4v) is 1.53. The predicted molar refractivity (Wildman–Crippen MR) is 70.0 cm³/mol. The number of aliphatic imine (C=N–C) groups is 1. The molecule has 0 radical (unpaired) electrons. The van der Waals surface area contributed by atoms with E-state index in [4.69, 9.17) is 0 Å². The second-order valence-corrected chi connectivity index (χ2v) is 4.52. The molecule has 1 unspecified atom stereocenters. The number of nitrogens with one attached hydrogen (secondary N) is 2. The Morgan fingerprint density at radius 3 is 2.68 bits per heavy atom. The van der Waals surface area contributed by atoms with Crippen LogP contribution >= 0.6 is 0 Å². The third kappa shape index (κ3) is 3.99. The molecule has 0 saturated carbocycles. The Hall–Kier alpha value is -2.02. The molecule has 0 bridgehead atoms. The fourth-order valence-electron chi connectivity index (χ4n) is 1.53. The van der Waals surface area contributed by atoms with Crippen LogP contribution in [-0.2, 0) is 9.59 Å². The minimum Gasteiger partial charge on any atom is -0.338 e. The number of hydrogen-bond acceptors (Lipinski definition) is 4. The molecular formula is C12H19N4O3+. The van der Waals surface area contributed by atoms with Crippen molar-refractivity contribution in [3.63, 3.8) is 0 Å². The molecule has 19 heavy (non-hydrogen) atoms. The van der Waals surface area contributed by atoms with Crippen molar-refractivity contribution in [2.24, 2.45) is 10.9 Å². The van der Waals surface area contributed by atoms with Crippen LogP contribution in [0.2, 0.25) is 0 Å². The van der Waals surface area contributed by atoms with Gasteiger partial charge in [0.1, 0.15) is 0 Å². The van der Waals surface area contributed by atoms with Crippen molar-refractivity contribution in [2.45, 2.75) is 0 Å². The van der Waals surface area contributed by atoms with E-state index in [1.807, 2.05) is 14.1 Å². The molecule has 0 aromatic rings. The zero-order valence-electron chi connectivity index (χ0n) is 11.2. The number of carbonyl (C=O) groups is 3. The number of imide groups is 2. The fraction of sp³-hybridized carbons (Fsp3) is 0.500. The summed E-state index contributed by atoms with van der Waals surface area (Å²) in [6, 6.07) is -0.711. The summed E-state index contributed by atoms with van der Waals surface area (Å²) in [4.78, 5) is 41.2. The van der Waals surface area contributed by atoms with Gasteiger partial charge in [0.15, 0.2) is 5.92 Å². The number of carbonyl (C=O) groups excluding carboxylic acids is 3. The molecular weight excluding hydrogens is 248 g/mol. The van der Waals surface area contributed by atoms with Crippen molar-refractivity contribution in [1.29, 1.82) is 0 Å². The molecule has 1 saturated heterocycles. The molecule has 1 atom stereocenters. The summed E-state index contributed by atoms with van der Waals surface area (Å²) in [5, 5.41) is 2.13. The molecule has 104 valence electrons. The van der Waals surface area contributed by atoms with Crippen molar-refractivity contribution >= 4 is 24.1 Å². The van der Waals surface area contributed by atoms with Crippen LogP contribution in [0.15, 0.2) is 17.6 Å². The first kappa shape index (κ1) is 15.0. The third-order valence-electron chi connectivity index (χ3n) is 2.60. The van der Waals surface area contributed by atoms with E-state index in [0.717, 1.165) is 11.4 Å². The van der Waals surface area contributed by atoms with Crippen LogP contribution in [0.3, 0.4) is 0 Å². The summed E-state index contributed by atoms with van der Waals surface area (Å²) < 4.78 is 0. The van der Waals surface area contributed by atoms with Crippen LogP contribution in [0.5, 0.6) is 0 Å². The Kier molecular flexibility index (Phi) is 5.37. The van der Waals surface area contributed by atoms with Gasteiger partial charge in [0.25, 0.3) is 0 Å². The van der Waals surface area contributed by atoms with Crippen molar-refractivity contribution < 1.29 is 19.3 Å². The van der Waals surface area contributed by atoms with Crippen LogP contribution in [-0.4, -0.2) is 62.7 Å². The lowest BCUT2D eigenvalue weighted by Crippen LogP contribution is -3.06. The van der Waals surface area contributed by atoms with Gasteiger partial charge in [-0.3, -0.25) is 24.8 Å². The van der Waals surface area contributed by atoms with E-state index in [1.54, 1.807) is 0 Å². The number of barbiturate groups is 1. The van der Waals surface area contributed by atoms with Crippen LogP contribution < -0.4 is 10.2 Å². The smallest absolute Gasteiger partial charge is 0.331 e. The van der Waals surface area contributed by atoms with Gasteiger partial charge in [0, 0.05) is 12.8 Å². The van der Waals surface area contributed by atoms with Crippen molar-refractivity contribution in [3.8, 4) is 0 Å². The number of urea groups is 1. The number of amides is 4. The van der Waals surface area contributed by atoms with Crippen molar-refractivity contribution in [1.82, 2.24) is 10.2 Å². The van der Waals surface area contributed by atoms with Crippen LogP contribution in [0.1, 0.15) is 0 Å². The summed E-state index contributed by atoms with van der Waals surface area (Å²) in [6.45, 7) is 4.86. The normalized spacial score (nSPS) is 20.3. The van der Waals surface area contributed by atoms with Gasteiger partial charge >= 0.3 is 6.03 Å². The van der Waals surface area contributed by atoms with Crippen LogP contribution in [0.25, 0.3) is 0 Å². The number of likely N-dealkylation sites (N-methyl/N-ethyl adjacent to an activating group) is 1. The topological polar surface area (TPSA) is 83.3 Å². The van der Waals surface area contributed by atoms with Crippen LogP contribution in [0, 0.1) is 5.92 Å². The minimum atomic E-state index is -1.03. The lowest BCUT2D eigenvalue weighted by atomic mass is 10.1. The molecule has 1 fully saturated rings. The van der Waals surface area contributed by atoms with E-state index >= 15 is 0 Å². The Morgan fingerprint density at radius 1 is 1.42 bits per heavy atom. The van der Waals surface area contributed by atoms with Gasteiger partial charge in [-0.05, 0) is 0 Å². The highest BCUT2D eigenvalue weighted by Crippen LogP contribution is 2.08. The molecule has 0 aromatic heterocycles. The van der Waals surface area contributed by atoms with E-state index in [-0.39, 0.29) is 6.54 Å². The van der Waals surface area contributed by atoms with E-state index in [0.29, 0.717) is 6.54 Å². The monoisotopic (exact) mass is 267 g/mol.